The first kappa shape index (κ1) is 70.4. The molecule has 0 bridgehead atoms. The predicted octanol–water partition coefficient (Wildman–Crippen LogP) is 17.3. The predicted molar refractivity (Wildman–Crippen MR) is 307 cm³/mol. The number of allylic oxidation sites excluding steroid dienone is 16. The number of carbonyl (C=O) groups excluding carboxylic acids is 3. The normalized spacial score (nSPS) is 14.1. The van der Waals surface area contributed by atoms with Crippen LogP contribution in [0.4, 0.5) is 0 Å². The SMILES string of the molecule is CC/C=C\C/C=C\C/C=C\C/C=C\CCCCCCC(=O)OC(COC(=O)CCCCCCC/C=C\C/C=C\CCC)COP(=O)(O)OCC(CO)OC(=O)CCCCCCCCC/C=C\C/C=C\CCCCC. The second kappa shape index (κ2) is 55.6. The molecule has 0 saturated carbocycles. The summed E-state index contributed by atoms with van der Waals surface area (Å²) < 4.78 is 39.5. The Kier molecular flexibility index (Phi) is 52.9. The molecular weight excluding hydrogens is 952 g/mol. The van der Waals surface area contributed by atoms with Crippen LogP contribution in [-0.2, 0) is 42.2 Å². The third kappa shape index (κ3) is 53.2. The lowest BCUT2D eigenvalue weighted by molar-refractivity contribution is -0.161. The van der Waals surface area contributed by atoms with Gasteiger partial charge in [0.05, 0.1) is 19.8 Å². The van der Waals surface area contributed by atoms with Crippen LogP contribution in [-0.4, -0.2) is 66.5 Å². The maximum atomic E-state index is 12.9. The average Bonchev–Trinajstić information content (AvgIpc) is 3.39. The standard InChI is InChI=1S/C62H105O11P/c1-4-7-10-13-16-19-22-25-27-29-31-34-37-40-43-46-49-52-61(65)72-58(54-63)56-70-74(67,68)71-57-59(55-69-60(64)51-48-45-42-39-36-33-24-21-18-15-12-9-6-3)73-62(66)53-50-47-44-41-38-35-32-30-28-26-23-20-17-14-11-8-5-2/h8,11-12,15-17,19-21,24-28,32,35,58-59,63H,4-7,9-10,13-14,18,22-23,29-31,33-34,36-57H2,1-3H3,(H,67,68)/b11-8-,15-12-,19-16-,20-17-,24-21-,27-25-,28-26-,35-32-. The van der Waals surface area contributed by atoms with E-state index in [1.807, 2.05) is 0 Å². The lowest BCUT2D eigenvalue weighted by Gasteiger charge is -2.21. The number of unbranched alkanes of at least 4 members (excludes halogenated alkanes) is 20. The fraction of sp³-hybridized carbons (Fsp3) is 0.694. The third-order valence-electron chi connectivity index (χ3n) is 11.9. The average molecular weight is 1060 g/mol. The number of carbonyl (C=O) groups is 3. The van der Waals surface area contributed by atoms with Crippen molar-refractivity contribution in [2.45, 2.75) is 251 Å². The summed E-state index contributed by atoms with van der Waals surface area (Å²) in [5, 5.41) is 9.82. The van der Waals surface area contributed by atoms with Gasteiger partial charge in [0.25, 0.3) is 0 Å². The van der Waals surface area contributed by atoms with E-state index >= 15 is 0 Å². The van der Waals surface area contributed by atoms with Crippen molar-refractivity contribution in [1.82, 2.24) is 0 Å². The number of ether oxygens (including phenoxy) is 3. The van der Waals surface area contributed by atoms with Crippen molar-refractivity contribution >= 4 is 25.7 Å². The molecule has 3 unspecified atom stereocenters. The van der Waals surface area contributed by atoms with Gasteiger partial charge in [-0.3, -0.25) is 23.4 Å². The van der Waals surface area contributed by atoms with E-state index in [1.165, 1.54) is 38.5 Å². The molecule has 0 spiro atoms. The lowest BCUT2D eigenvalue weighted by Crippen LogP contribution is -2.30. The van der Waals surface area contributed by atoms with Crippen LogP contribution in [0, 0.1) is 0 Å². The topological polar surface area (TPSA) is 155 Å². The molecule has 0 saturated heterocycles. The van der Waals surface area contributed by atoms with Crippen molar-refractivity contribution in [3.05, 3.63) is 97.2 Å². The highest BCUT2D eigenvalue weighted by molar-refractivity contribution is 7.47. The largest absolute Gasteiger partial charge is 0.472 e. The molecule has 0 aliphatic rings. The van der Waals surface area contributed by atoms with E-state index in [0.29, 0.717) is 19.3 Å². The van der Waals surface area contributed by atoms with Gasteiger partial charge in [-0.25, -0.2) is 4.57 Å². The van der Waals surface area contributed by atoms with E-state index in [-0.39, 0.29) is 25.9 Å². The van der Waals surface area contributed by atoms with Gasteiger partial charge in [0.1, 0.15) is 12.7 Å². The number of esters is 3. The van der Waals surface area contributed by atoms with Gasteiger partial charge in [-0.15, -0.1) is 0 Å². The van der Waals surface area contributed by atoms with Gasteiger partial charge < -0.3 is 24.2 Å². The Morgan fingerprint density at radius 3 is 1.14 bits per heavy atom. The molecule has 0 aromatic carbocycles. The smallest absolute Gasteiger partial charge is 0.462 e. The Morgan fingerprint density at radius 1 is 0.392 bits per heavy atom. The molecule has 0 aliphatic carbocycles. The van der Waals surface area contributed by atoms with Crippen molar-refractivity contribution in [2.24, 2.45) is 0 Å². The van der Waals surface area contributed by atoms with E-state index < -0.39 is 57.8 Å². The minimum Gasteiger partial charge on any atom is -0.462 e. The number of hydrogen-bond acceptors (Lipinski definition) is 10. The lowest BCUT2D eigenvalue weighted by atomic mass is 10.1. The highest BCUT2D eigenvalue weighted by atomic mass is 31.2. The Morgan fingerprint density at radius 2 is 0.730 bits per heavy atom. The summed E-state index contributed by atoms with van der Waals surface area (Å²) in [5.41, 5.74) is 0. The molecular formula is C62H105O11P. The number of phosphoric ester groups is 1. The molecule has 0 aromatic rings. The molecule has 3 atom stereocenters. The van der Waals surface area contributed by atoms with E-state index in [0.717, 1.165) is 141 Å². The summed E-state index contributed by atoms with van der Waals surface area (Å²) in [6.07, 6.45) is 65.0. The van der Waals surface area contributed by atoms with Gasteiger partial charge in [0, 0.05) is 19.3 Å². The zero-order valence-corrected chi connectivity index (χ0v) is 47.7. The summed E-state index contributed by atoms with van der Waals surface area (Å²) >= 11 is 0. The first-order valence-corrected chi connectivity index (χ1v) is 30.6. The van der Waals surface area contributed by atoms with Crippen molar-refractivity contribution < 1.29 is 52.2 Å². The summed E-state index contributed by atoms with van der Waals surface area (Å²) in [4.78, 5) is 48.5. The second-order valence-electron chi connectivity index (χ2n) is 19.1. The van der Waals surface area contributed by atoms with Crippen molar-refractivity contribution in [3.8, 4) is 0 Å². The third-order valence-corrected chi connectivity index (χ3v) is 12.9. The Balaban J connectivity index is 4.76. The zero-order valence-electron chi connectivity index (χ0n) is 46.8. The summed E-state index contributed by atoms with van der Waals surface area (Å²) in [5.74, 6) is -1.52. The highest BCUT2D eigenvalue weighted by Crippen LogP contribution is 2.43. The molecule has 0 aliphatic heterocycles. The summed E-state index contributed by atoms with van der Waals surface area (Å²) in [6.45, 7) is 4.39. The summed E-state index contributed by atoms with van der Waals surface area (Å²) in [7, 11) is -4.76. The molecule has 11 nitrogen and oxygen atoms in total. The number of hydrogen-bond donors (Lipinski definition) is 2. The van der Waals surface area contributed by atoms with Crippen LogP contribution in [0.2, 0.25) is 0 Å². The maximum absolute atomic E-state index is 12.9. The molecule has 0 amide bonds. The van der Waals surface area contributed by atoms with Crippen LogP contribution in [0.5, 0.6) is 0 Å². The fourth-order valence-electron chi connectivity index (χ4n) is 7.53. The van der Waals surface area contributed by atoms with Crippen LogP contribution in [0.3, 0.4) is 0 Å². The van der Waals surface area contributed by atoms with Gasteiger partial charge in [-0.1, -0.05) is 201 Å². The minimum absolute atomic E-state index is 0.132. The van der Waals surface area contributed by atoms with E-state index in [2.05, 4.69) is 118 Å². The van der Waals surface area contributed by atoms with Crippen molar-refractivity contribution in [1.29, 1.82) is 0 Å². The molecule has 0 heterocycles. The fourth-order valence-corrected chi connectivity index (χ4v) is 8.32. The summed E-state index contributed by atoms with van der Waals surface area (Å²) in [6, 6.07) is 0. The van der Waals surface area contributed by atoms with Crippen molar-refractivity contribution in [3.63, 3.8) is 0 Å². The molecule has 0 rings (SSSR count). The van der Waals surface area contributed by atoms with Crippen LogP contribution in [0.25, 0.3) is 0 Å². The second-order valence-corrected chi connectivity index (χ2v) is 20.5. The Hall–Kier alpha value is -3.60. The molecule has 2 N–H and O–H groups in total. The van der Waals surface area contributed by atoms with Gasteiger partial charge in [-0.05, 0) is 116 Å². The zero-order chi connectivity index (χ0) is 54.1. The first-order chi connectivity index (χ1) is 36.2. The molecule has 74 heavy (non-hydrogen) atoms. The number of aliphatic hydroxyl groups excluding tert-OH is 1. The van der Waals surface area contributed by atoms with Crippen LogP contribution in [0.15, 0.2) is 97.2 Å². The van der Waals surface area contributed by atoms with Gasteiger partial charge >= 0.3 is 25.7 Å². The Bertz CT molecular complexity index is 1610. The molecule has 0 fully saturated rings. The molecule has 0 radical (unpaired) electrons. The minimum atomic E-state index is -4.76. The Labute approximate surface area is 451 Å². The van der Waals surface area contributed by atoms with Crippen molar-refractivity contribution in [2.75, 3.05) is 26.4 Å². The monoisotopic (exact) mass is 1060 g/mol. The highest BCUT2D eigenvalue weighted by Gasteiger charge is 2.28. The molecule has 424 valence electrons. The number of phosphoric acid groups is 1. The van der Waals surface area contributed by atoms with Gasteiger partial charge in [0.2, 0.25) is 0 Å². The first-order valence-electron chi connectivity index (χ1n) is 29.1. The van der Waals surface area contributed by atoms with Crippen LogP contribution >= 0.6 is 7.82 Å². The van der Waals surface area contributed by atoms with Gasteiger partial charge in [-0.2, -0.15) is 0 Å². The molecule has 12 heteroatoms. The quantitative estimate of drug-likeness (QED) is 0.0197. The van der Waals surface area contributed by atoms with Crippen LogP contribution in [0.1, 0.15) is 239 Å². The van der Waals surface area contributed by atoms with E-state index in [9.17, 15) is 28.9 Å². The molecule has 0 aromatic heterocycles. The van der Waals surface area contributed by atoms with Gasteiger partial charge in [0.15, 0.2) is 6.10 Å². The maximum Gasteiger partial charge on any atom is 0.472 e. The van der Waals surface area contributed by atoms with Crippen LogP contribution < -0.4 is 0 Å². The van der Waals surface area contributed by atoms with E-state index in [1.54, 1.807) is 0 Å². The van der Waals surface area contributed by atoms with E-state index in [4.69, 9.17) is 23.3 Å². The number of aliphatic hydroxyl groups is 1. The number of rotatable bonds is 53.